The van der Waals surface area contributed by atoms with E-state index in [0.29, 0.717) is 24.6 Å². The van der Waals surface area contributed by atoms with Crippen LogP contribution in [0.1, 0.15) is 47.8 Å². The second-order valence-electron chi connectivity index (χ2n) is 8.99. The molecule has 172 valence electrons. The van der Waals surface area contributed by atoms with E-state index in [9.17, 15) is 4.79 Å². The summed E-state index contributed by atoms with van der Waals surface area (Å²) >= 11 is 0. The van der Waals surface area contributed by atoms with Crippen LogP contribution in [-0.4, -0.2) is 56.6 Å². The molecule has 7 nitrogen and oxygen atoms in total. The van der Waals surface area contributed by atoms with Crippen molar-refractivity contribution in [1.29, 1.82) is 0 Å². The Bertz CT molecular complexity index is 955. The average molecular weight is 438 g/mol. The Labute approximate surface area is 191 Å². The number of rotatable bonds is 7. The first-order valence-electron chi connectivity index (χ1n) is 11.0. The molecule has 0 aliphatic carbocycles. The highest BCUT2D eigenvalue weighted by molar-refractivity contribution is 5.94. The number of para-hydroxylation sites is 1. The van der Waals surface area contributed by atoms with Crippen LogP contribution < -0.4 is 20.7 Å². The zero-order valence-corrected chi connectivity index (χ0v) is 19.7. The van der Waals surface area contributed by atoms with Crippen molar-refractivity contribution in [2.75, 3.05) is 34.2 Å². The molecule has 1 aliphatic heterocycles. The summed E-state index contributed by atoms with van der Waals surface area (Å²) in [5.74, 6) is 1.56. The Hall–Kier alpha value is -3.06. The molecule has 0 saturated carbocycles. The van der Waals surface area contributed by atoms with Gasteiger partial charge in [-0.3, -0.25) is 9.79 Å². The van der Waals surface area contributed by atoms with E-state index in [1.807, 2.05) is 61.5 Å². The number of ether oxygens (including phenoxy) is 1. The van der Waals surface area contributed by atoms with Crippen molar-refractivity contribution in [1.82, 2.24) is 20.9 Å². The average Bonchev–Trinajstić information content (AvgIpc) is 2.75. The van der Waals surface area contributed by atoms with Crippen molar-refractivity contribution in [3.8, 4) is 5.75 Å². The van der Waals surface area contributed by atoms with Crippen LogP contribution in [0.2, 0.25) is 0 Å². The van der Waals surface area contributed by atoms with Crippen molar-refractivity contribution in [3.05, 3.63) is 65.2 Å². The minimum atomic E-state index is -0.265. The van der Waals surface area contributed by atoms with Gasteiger partial charge in [0.1, 0.15) is 11.4 Å². The molecule has 1 aliphatic rings. The standard InChI is InChI=1S/C25H35N5O2/c1-25(2)16-21(20-11-6-7-12-22(20)32-25)29-24(26-3)28-17-18-9-8-10-19(15-18)23(31)27-13-14-30(4)5/h6-12,15,21H,13-14,16-17H2,1-5H3,(H,27,31)(H2,26,28,29). The highest BCUT2D eigenvalue weighted by Crippen LogP contribution is 2.39. The predicted molar refractivity (Wildman–Crippen MR) is 129 cm³/mol. The zero-order valence-electron chi connectivity index (χ0n) is 19.7. The third-order valence-electron chi connectivity index (χ3n) is 5.40. The summed E-state index contributed by atoms with van der Waals surface area (Å²) < 4.78 is 6.13. The molecule has 32 heavy (non-hydrogen) atoms. The van der Waals surface area contributed by atoms with Crippen LogP contribution in [0.15, 0.2) is 53.5 Å². The molecule has 0 fully saturated rings. The van der Waals surface area contributed by atoms with E-state index in [2.05, 4.69) is 40.9 Å². The lowest BCUT2D eigenvalue weighted by Gasteiger charge is -2.38. The van der Waals surface area contributed by atoms with Crippen molar-refractivity contribution >= 4 is 11.9 Å². The van der Waals surface area contributed by atoms with Gasteiger partial charge in [-0.25, -0.2) is 0 Å². The van der Waals surface area contributed by atoms with Crippen molar-refractivity contribution in [2.24, 2.45) is 4.99 Å². The molecule has 0 radical (unpaired) electrons. The molecule has 3 N–H and O–H groups in total. The number of hydrogen-bond donors (Lipinski definition) is 3. The number of fused-ring (bicyclic) bond motifs is 1. The van der Waals surface area contributed by atoms with Gasteiger partial charge in [0.2, 0.25) is 0 Å². The molecule has 1 atom stereocenters. The van der Waals surface area contributed by atoms with Gasteiger partial charge in [-0.1, -0.05) is 30.3 Å². The van der Waals surface area contributed by atoms with Gasteiger partial charge >= 0.3 is 0 Å². The molecule has 1 amide bonds. The lowest BCUT2D eigenvalue weighted by Crippen LogP contribution is -2.45. The molecule has 1 unspecified atom stereocenters. The molecule has 3 rings (SSSR count). The second kappa shape index (κ2) is 10.5. The van der Waals surface area contributed by atoms with Crippen molar-refractivity contribution in [2.45, 2.75) is 38.5 Å². The van der Waals surface area contributed by atoms with E-state index in [-0.39, 0.29) is 17.6 Å². The molecular formula is C25H35N5O2. The number of guanidine groups is 1. The summed E-state index contributed by atoms with van der Waals surface area (Å²) in [6.45, 7) is 6.19. The normalized spacial score (nSPS) is 17.3. The van der Waals surface area contributed by atoms with Crippen LogP contribution >= 0.6 is 0 Å². The number of aliphatic imine (C=N–C) groups is 1. The number of nitrogens with zero attached hydrogens (tertiary/aromatic N) is 2. The maximum absolute atomic E-state index is 12.4. The van der Waals surface area contributed by atoms with Crippen molar-refractivity contribution in [3.63, 3.8) is 0 Å². The lowest BCUT2D eigenvalue weighted by atomic mass is 9.90. The second-order valence-corrected chi connectivity index (χ2v) is 8.99. The zero-order chi connectivity index (χ0) is 23.1. The summed E-state index contributed by atoms with van der Waals surface area (Å²) in [6, 6.07) is 15.9. The fourth-order valence-electron chi connectivity index (χ4n) is 3.79. The van der Waals surface area contributed by atoms with E-state index < -0.39 is 0 Å². The van der Waals surface area contributed by atoms with Gasteiger partial charge in [0.05, 0.1) is 6.04 Å². The molecule has 2 aromatic rings. The topological polar surface area (TPSA) is 78.0 Å². The Balaban J connectivity index is 1.61. The first-order valence-corrected chi connectivity index (χ1v) is 11.0. The predicted octanol–water partition coefficient (Wildman–Crippen LogP) is 2.95. The maximum atomic E-state index is 12.4. The fraction of sp³-hybridized carbons (Fsp3) is 0.440. The smallest absolute Gasteiger partial charge is 0.251 e. The summed E-state index contributed by atoms with van der Waals surface area (Å²) in [5, 5.41) is 9.87. The SMILES string of the molecule is CN=C(NCc1cccc(C(=O)NCCN(C)C)c1)NC1CC(C)(C)Oc2ccccc21. The Morgan fingerprint density at radius 2 is 1.94 bits per heavy atom. The van der Waals surface area contributed by atoms with E-state index in [1.165, 1.54) is 0 Å². The van der Waals surface area contributed by atoms with E-state index in [4.69, 9.17) is 4.74 Å². The minimum absolute atomic E-state index is 0.0581. The Morgan fingerprint density at radius 3 is 2.69 bits per heavy atom. The number of nitrogens with one attached hydrogen (secondary N) is 3. The number of carbonyl (C=O) groups excluding carboxylic acids is 1. The van der Waals surface area contributed by atoms with Gasteiger partial charge in [0, 0.05) is 44.2 Å². The van der Waals surface area contributed by atoms with Crippen LogP contribution in [0.5, 0.6) is 5.75 Å². The minimum Gasteiger partial charge on any atom is -0.487 e. The summed E-state index contributed by atoms with van der Waals surface area (Å²) in [6.07, 6.45) is 0.827. The summed E-state index contributed by atoms with van der Waals surface area (Å²) in [4.78, 5) is 18.9. The third kappa shape index (κ3) is 6.47. The van der Waals surface area contributed by atoms with Gasteiger partial charge < -0.3 is 25.6 Å². The molecule has 0 aromatic heterocycles. The quantitative estimate of drug-likeness (QED) is 0.459. The monoisotopic (exact) mass is 437 g/mol. The largest absolute Gasteiger partial charge is 0.487 e. The lowest BCUT2D eigenvalue weighted by molar-refractivity contribution is 0.0694. The molecule has 1 heterocycles. The van der Waals surface area contributed by atoms with Gasteiger partial charge in [0.25, 0.3) is 5.91 Å². The van der Waals surface area contributed by atoms with Crippen LogP contribution in [0.3, 0.4) is 0 Å². The molecular weight excluding hydrogens is 402 g/mol. The van der Waals surface area contributed by atoms with E-state index in [1.54, 1.807) is 7.05 Å². The fourth-order valence-corrected chi connectivity index (χ4v) is 3.79. The van der Waals surface area contributed by atoms with Gasteiger partial charge in [0.15, 0.2) is 5.96 Å². The number of amides is 1. The summed E-state index contributed by atoms with van der Waals surface area (Å²) in [7, 11) is 5.74. The molecule has 2 aromatic carbocycles. The molecule has 0 saturated heterocycles. The summed E-state index contributed by atoms with van der Waals surface area (Å²) in [5.41, 5.74) is 2.54. The van der Waals surface area contributed by atoms with E-state index >= 15 is 0 Å². The van der Waals surface area contributed by atoms with Crippen LogP contribution in [-0.2, 0) is 6.54 Å². The van der Waals surface area contributed by atoms with Gasteiger partial charge in [-0.15, -0.1) is 0 Å². The van der Waals surface area contributed by atoms with E-state index in [0.717, 1.165) is 29.8 Å². The van der Waals surface area contributed by atoms with Crippen LogP contribution in [0.4, 0.5) is 0 Å². The van der Waals surface area contributed by atoms with Crippen molar-refractivity contribution < 1.29 is 9.53 Å². The van der Waals surface area contributed by atoms with Gasteiger partial charge in [-0.05, 0) is 51.7 Å². The van der Waals surface area contributed by atoms with Gasteiger partial charge in [-0.2, -0.15) is 0 Å². The molecule has 7 heteroatoms. The van der Waals surface area contributed by atoms with Crippen LogP contribution in [0, 0.1) is 0 Å². The molecule has 0 spiro atoms. The first kappa shape index (κ1) is 23.6. The molecule has 0 bridgehead atoms. The Kier molecular flexibility index (Phi) is 7.75. The number of hydrogen-bond acceptors (Lipinski definition) is 4. The number of benzene rings is 2. The number of carbonyl (C=O) groups is 1. The van der Waals surface area contributed by atoms with Crippen LogP contribution in [0.25, 0.3) is 0 Å². The maximum Gasteiger partial charge on any atom is 0.251 e. The highest BCUT2D eigenvalue weighted by Gasteiger charge is 2.33. The Morgan fingerprint density at radius 1 is 1.16 bits per heavy atom. The highest BCUT2D eigenvalue weighted by atomic mass is 16.5. The number of likely N-dealkylation sites (N-methyl/N-ethyl adjacent to an activating group) is 1. The first-order chi connectivity index (χ1) is 15.3. The third-order valence-corrected chi connectivity index (χ3v) is 5.40.